The average molecular weight is 222 g/mol. The summed E-state index contributed by atoms with van der Waals surface area (Å²) in [5.74, 6) is 0.678. The van der Waals surface area contributed by atoms with Crippen LogP contribution in [0, 0.1) is 16.7 Å². The third-order valence-corrected chi connectivity index (χ3v) is 2.40. The Bertz CT molecular complexity index is 326. The molecule has 5 nitrogen and oxygen atoms in total. The van der Waals surface area contributed by atoms with Crippen molar-refractivity contribution in [1.82, 2.24) is 15.5 Å². The highest BCUT2D eigenvalue weighted by atomic mass is 16.5. The van der Waals surface area contributed by atoms with Gasteiger partial charge in [-0.3, -0.25) is 0 Å². The van der Waals surface area contributed by atoms with Gasteiger partial charge in [-0.25, -0.2) is 0 Å². The molecule has 0 aliphatic carbocycles. The fourth-order valence-electron chi connectivity index (χ4n) is 1.34. The standard InChI is InChI=1S/C11H18N4O/c1-11(2,8-12)5-3-4-6-13-7-10-14-9-16-15-10/h9,13H,3-7H2,1-2H3. The zero-order valence-corrected chi connectivity index (χ0v) is 9.86. The Morgan fingerprint density at radius 2 is 2.31 bits per heavy atom. The smallest absolute Gasteiger partial charge is 0.213 e. The van der Waals surface area contributed by atoms with Crippen molar-refractivity contribution in [3.63, 3.8) is 0 Å². The van der Waals surface area contributed by atoms with Crippen LogP contribution in [0.3, 0.4) is 0 Å². The second kappa shape index (κ2) is 6.23. The third kappa shape index (κ3) is 4.89. The van der Waals surface area contributed by atoms with Gasteiger partial charge in [0, 0.05) is 0 Å². The van der Waals surface area contributed by atoms with E-state index in [0.29, 0.717) is 12.4 Å². The Hall–Kier alpha value is -1.41. The van der Waals surface area contributed by atoms with E-state index in [1.807, 2.05) is 13.8 Å². The van der Waals surface area contributed by atoms with Crippen LogP contribution < -0.4 is 5.32 Å². The van der Waals surface area contributed by atoms with Gasteiger partial charge >= 0.3 is 0 Å². The predicted molar refractivity (Wildman–Crippen MR) is 59.2 cm³/mol. The maximum absolute atomic E-state index is 8.83. The van der Waals surface area contributed by atoms with Crippen molar-refractivity contribution in [3.05, 3.63) is 12.2 Å². The molecule has 0 spiro atoms. The second-order valence-corrected chi connectivity index (χ2v) is 4.48. The quantitative estimate of drug-likeness (QED) is 0.713. The van der Waals surface area contributed by atoms with Gasteiger partial charge in [0.05, 0.1) is 18.0 Å². The minimum atomic E-state index is -0.201. The molecule has 1 N–H and O–H groups in total. The summed E-state index contributed by atoms with van der Waals surface area (Å²) >= 11 is 0. The van der Waals surface area contributed by atoms with Crippen LogP contribution in [0.4, 0.5) is 0 Å². The predicted octanol–water partition coefficient (Wildman–Crippen LogP) is 1.88. The lowest BCUT2D eigenvalue weighted by atomic mass is 9.89. The number of aromatic nitrogens is 2. The summed E-state index contributed by atoms with van der Waals surface area (Å²) in [4.78, 5) is 3.90. The van der Waals surface area contributed by atoms with E-state index >= 15 is 0 Å². The Morgan fingerprint density at radius 3 is 2.94 bits per heavy atom. The topological polar surface area (TPSA) is 74.7 Å². The van der Waals surface area contributed by atoms with Crippen molar-refractivity contribution >= 4 is 0 Å². The molecule has 0 amide bonds. The van der Waals surface area contributed by atoms with Gasteiger partial charge in [-0.2, -0.15) is 10.2 Å². The minimum absolute atomic E-state index is 0.201. The second-order valence-electron chi connectivity index (χ2n) is 4.48. The molecule has 0 bridgehead atoms. The van der Waals surface area contributed by atoms with Gasteiger partial charge < -0.3 is 9.84 Å². The summed E-state index contributed by atoms with van der Waals surface area (Å²) in [5.41, 5.74) is -0.201. The van der Waals surface area contributed by atoms with E-state index in [1.165, 1.54) is 6.39 Å². The number of hydrogen-bond donors (Lipinski definition) is 1. The Kier molecular flexibility index (Phi) is 4.93. The number of rotatable bonds is 7. The lowest BCUT2D eigenvalue weighted by Gasteiger charge is -2.14. The summed E-state index contributed by atoms with van der Waals surface area (Å²) in [6, 6.07) is 2.30. The van der Waals surface area contributed by atoms with Crippen molar-refractivity contribution in [2.24, 2.45) is 5.41 Å². The van der Waals surface area contributed by atoms with Crippen LogP contribution in [0.2, 0.25) is 0 Å². The van der Waals surface area contributed by atoms with Crippen molar-refractivity contribution in [2.45, 2.75) is 39.7 Å². The van der Waals surface area contributed by atoms with Gasteiger partial charge in [-0.1, -0.05) is 11.6 Å². The van der Waals surface area contributed by atoms with Crippen LogP contribution in [0.1, 0.15) is 38.9 Å². The molecule has 0 saturated carbocycles. The molecule has 0 radical (unpaired) electrons. The van der Waals surface area contributed by atoms with Crippen LogP contribution in [-0.2, 0) is 6.54 Å². The molecule has 0 unspecified atom stereocenters. The van der Waals surface area contributed by atoms with E-state index in [2.05, 4.69) is 26.0 Å². The summed E-state index contributed by atoms with van der Waals surface area (Å²) in [5, 5.41) is 15.7. The molecule has 0 fully saturated rings. The van der Waals surface area contributed by atoms with Gasteiger partial charge in [0.1, 0.15) is 0 Å². The molecule has 1 heterocycles. The molecular formula is C11H18N4O. The van der Waals surface area contributed by atoms with Crippen molar-refractivity contribution in [1.29, 1.82) is 5.26 Å². The highest BCUT2D eigenvalue weighted by molar-refractivity contribution is 4.91. The first-order valence-electron chi connectivity index (χ1n) is 5.51. The first-order chi connectivity index (χ1) is 7.64. The normalized spacial score (nSPS) is 11.3. The van der Waals surface area contributed by atoms with E-state index in [4.69, 9.17) is 5.26 Å². The van der Waals surface area contributed by atoms with Gasteiger partial charge in [0.15, 0.2) is 5.82 Å². The SMILES string of the molecule is CC(C)(C#N)CCCCNCc1ncon1. The summed E-state index contributed by atoms with van der Waals surface area (Å²) in [6.07, 6.45) is 4.38. The van der Waals surface area contributed by atoms with Gasteiger partial charge in [0.2, 0.25) is 6.39 Å². The maximum atomic E-state index is 8.83. The number of hydrogen-bond acceptors (Lipinski definition) is 5. The Morgan fingerprint density at radius 1 is 1.50 bits per heavy atom. The number of nitrogens with one attached hydrogen (secondary N) is 1. The molecule has 0 aliphatic rings. The molecule has 0 aromatic carbocycles. The highest BCUT2D eigenvalue weighted by Crippen LogP contribution is 2.21. The van der Waals surface area contributed by atoms with Crippen LogP contribution in [0.5, 0.6) is 0 Å². The molecule has 5 heteroatoms. The monoisotopic (exact) mass is 222 g/mol. The summed E-state index contributed by atoms with van der Waals surface area (Å²) in [7, 11) is 0. The van der Waals surface area contributed by atoms with Crippen LogP contribution in [0.25, 0.3) is 0 Å². The molecule has 0 atom stereocenters. The van der Waals surface area contributed by atoms with Gasteiger partial charge in [0.25, 0.3) is 0 Å². The van der Waals surface area contributed by atoms with E-state index in [1.54, 1.807) is 0 Å². The largest absolute Gasteiger partial charge is 0.343 e. The van der Waals surface area contributed by atoms with Gasteiger partial charge in [-0.15, -0.1) is 0 Å². The third-order valence-electron chi connectivity index (χ3n) is 2.40. The highest BCUT2D eigenvalue weighted by Gasteiger charge is 2.15. The molecule has 1 aromatic heterocycles. The molecule has 1 aromatic rings. The zero-order valence-electron chi connectivity index (χ0n) is 9.86. The van der Waals surface area contributed by atoms with Crippen molar-refractivity contribution in [3.8, 4) is 6.07 Å². The van der Waals surface area contributed by atoms with Crippen LogP contribution >= 0.6 is 0 Å². The van der Waals surface area contributed by atoms with Crippen molar-refractivity contribution < 1.29 is 4.52 Å². The molecule has 1 rings (SSSR count). The van der Waals surface area contributed by atoms with Crippen molar-refractivity contribution in [2.75, 3.05) is 6.54 Å². The fourth-order valence-corrected chi connectivity index (χ4v) is 1.34. The first-order valence-corrected chi connectivity index (χ1v) is 5.51. The number of nitriles is 1. The van der Waals surface area contributed by atoms with E-state index in [9.17, 15) is 0 Å². The molecule has 0 saturated heterocycles. The molecule has 88 valence electrons. The number of unbranched alkanes of at least 4 members (excludes halogenated alkanes) is 1. The van der Waals surface area contributed by atoms with Crippen LogP contribution in [-0.4, -0.2) is 16.7 Å². The first kappa shape index (κ1) is 12.7. The van der Waals surface area contributed by atoms with E-state index in [0.717, 1.165) is 25.8 Å². The molecule has 16 heavy (non-hydrogen) atoms. The Balaban J connectivity index is 1.99. The van der Waals surface area contributed by atoms with E-state index in [-0.39, 0.29) is 5.41 Å². The summed E-state index contributed by atoms with van der Waals surface area (Å²) < 4.78 is 4.61. The lowest BCUT2D eigenvalue weighted by molar-refractivity contribution is 0.404. The number of nitrogens with zero attached hydrogens (tertiary/aromatic N) is 3. The minimum Gasteiger partial charge on any atom is -0.343 e. The summed E-state index contributed by atoms with van der Waals surface area (Å²) in [6.45, 7) is 5.49. The van der Waals surface area contributed by atoms with Crippen LogP contribution in [0.15, 0.2) is 10.9 Å². The Labute approximate surface area is 95.8 Å². The fraction of sp³-hybridized carbons (Fsp3) is 0.727. The molecular weight excluding hydrogens is 204 g/mol. The van der Waals surface area contributed by atoms with E-state index < -0.39 is 0 Å². The molecule has 0 aliphatic heterocycles. The zero-order chi connectivity index (χ0) is 11.9. The van der Waals surface area contributed by atoms with Gasteiger partial charge in [-0.05, 0) is 33.2 Å². The lowest BCUT2D eigenvalue weighted by Crippen LogP contribution is -2.16. The average Bonchev–Trinajstić information content (AvgIpc) is 2.76. The maximum Gasteiger partial charge on any atom is 0.213 e.